The van der Waals surface area contributed by atoms with Crippen LogP contribution < -0.4 is 45.5 Å². The zero-order valence-corrected chi connectivity index (χ0v) is 47.4. The Morgan fingerprint density at radius 3 is 1.34 bits per heavy atom. The van der Waals surface area contributed by atoms with E-state index in [1.165, 1.54) is 6.92 Å². The molecular formula is C41H89N18NaO2S2. The Labute approximate surface area is 422 Å². The van der Waals surface area contributed by atoms with Crippen LogP contribution in [0.4, 0.5) is 0 Å². The summed E-state index contributed by atoms with van der Waals surface area (Å²) in [5.74, 6) is 2.68. The molecule has 64 heavy (non-hydrogen) atoms. The molecule has 0 radical (unpaired) electrons. The van der Waals surface area contributed by atoms with Crippen LogP contribution in [-0.4, -0.2) is 248 Å². The quantitative estimate of drug-likeness (QED) is 0.122. The van der Waals surface area contributed by atoms with E-state index < -0.39 is 0 Å². The SMILES string of the molecule is C.CC(=O)N(C)C(C)n1nnc2ccccc21.CN=C(N(C)C)N(C)C(C)N(C)C(C)=O.CN=C(NC)N(C)C.CN=C(NC)N(C)C.CN=C(SC)N(C)C.CNC(=S)N(C)C.[H-].[Na+]. The van der Waals surface area contributed by atoms with E-state index in [1.807, 2.05) is 172 Å². The molecule has 0 fully saturated rings. The van der Waals surface area contributed by atoms with E-state index in [0.29, 0.717) is 0 Å². The summed E-state index contributed by atoms with van der Waals surface area (Å²) in [6, 6.07) is 7.70. The second kappa shape index (κ2) is 40.4. The van der Waals surface area contributed by atoms with Crippen molar-refractivity contribution in [1.82, 2.24) is 70.1 Å². The van der Waals surface area contributed by atoms with Crippen molar-refractivity contribution in [3.63, 3.8) is 0 Å². The summed E-state index contributed by atoms with van der Waals surface area (Å²) in [6.07, 6.45) is 1.87. The maximum absolute atomic E-state index is 11.3. The van der Waals surface area contributed by atoms with Crippen LogP contribution in [0.1, 0.15) is 42.7 Å². The molecule has 2 atom stereocenters. The number of fused-ring (bicyclic) bond motifs is 1. The number of aliphatic imine (C=N–C) groups is 4. The fourth-order valence-electron chi connectivity index (χ4n) is 4.72. The fraction of sp³-hybridized carbons (Fsp3) is 0.683. The van der Waals surface area contributed by atoms with E-state index in [-0.39, 0.29) is 62.6 Å². The van der Waals surface area contributed by atoms with Gasteiger partial charge in [-0.1, -0.05) is 36.5 Å². The second-order valence-corrected chi connectivity index (χ2v) is 15.2. The van der Waals surface area contributed by atoms with Gasteiger partial charge in [0.1, 0.15) is 17.8 Å². The molecule has 0 bridgehead atoms. The van der Waals surface area contributed by atoms with E-state index in [0.717, 1.165) is 39.2 Å². The van der Waals surface area contributed by atoms with Gasteiger partial charge < -0.3 is 56.6 Å². The number of thioether (sulfide) groups is 1. The summed E-state index contributed by atoms with van der Waals surface area (Å²) >= 11 is 6.45. The summed E-state index contributed by atoms with van der Waals surface area (Å²) in [6.45, 7) is 6.98. The molecule has 2 aromatic rings. The van der Waals surface area contributed by atoms with Gasteiger partial charge in [-0.15, -0.1) is 5.10 Å². The van der Waals surface area contributed by atoms with E-state index >= 15 is 0 Å². The molecule has 368 valence electrons. The number of amides is 2. The average Bonchev–Trinajstić information content (AvgIpc) is 3.66. The fourth-order valence-corrected chi connectivity index (χ4v) is 5.27. The zero-order valence-electron chi connectivity index (χ0n) is 44.8. The maximum Gasteiger partial charge on any atom is 1.00 e. The van der Waals surface area contributed by atoms with Crippen LogP contribution in [0.2, 0.25) is 0 Å². The van der Waals surface area contributed by atoms with Gasteiger partial charge >= 0.3 is 29.6 Å². The number of aromatic nitrogens is 3. The number of hydrogen-bond donors (Lipinski definition) is 3. The Kier molecular flexibility index (Phi) is 45.1. The van der Waals surface area contributed by atoms with Crippen LogP contribution >= 0.6 is 24.0 Å². The first-order valence-electron chi connectivity index (χ1n) is 19.6. The van der Waals surface area contributed by atoms with Crippen LogP contribution in [0.15, 0.2) is 44.2 Å². The Hall–Kier alpha value is -4.12. The van der Waals surface area contributed by atoms with Gasteiger partial charge in [-0.3, -0.25) is 29.6 Å². The van der Waals surface area contributed by atoms with Gasteiger partial charge in [-0.2, -0.15) is 0 Å². The maximum atomic E-state index is 11.3. The van der Waals surface area contributed by atoms with Crippen LogP contribution in [0.25, 0.3) is 11.0 Å². The normalized spacial score (nSPS) is 11.5. The van der Waals surface area contributed by atoms with Crippen molar-refractivity contribution >= 4 is 75.0 Å². The third kappa shape index (κ3) is 29.3. The van der Waals surface area contributed by atoms with Gasteiger partial charge in [0.05, 0.1) is 5.52 Å². The van der Waals surface area contributed by atoms with Gasteiger partial charge in [-0.25, -0.2) is 4.68 Å². The Morgan fingerprint density at radius 1 is 0.672 bits per heavy atom. The molecule has 2 amide bonds. The van der Waals surface area contributed by atoms with Crippen LogP contribution in [0.3, 0.4) is 0 Å². The number of nitrogens with one attached hydrogen (secondary N) is 3. The topological polar surface area (TPSA) is 176 Å². The van der Waals surface area contributed by atoms with Crippen molar-refractivity contribution in [1.29, 1.82) is 0 Å². The number of guanidine groups is 3. The van der Waals surface area contributed by atoms with Gasteiger partial charge in [0.2, 0.25) is 11.8 Å². The van der Waals surface area contributed by atoms with E-state index in [2.05, 4.69) is 46.2 Å². The standard InChI is InChI=1S/C11H14N4O.C10H22N4O.2C5H13N3.C5H12N2S.C4H10N2S.CH4.Na.H/c1-8(14(3)9(2)16)15-11-7-5-4-6-10(11)12-13-15;1-8(13(6)9(2)15)14(7)10(11-3)12(4)5;2*1-6-5(7-2)8(3)4;1-6-5(8-4)7(2)3;1-5-4(7)6(2)3;;;/h4-8H,1-3H3;8H,1-7H3;2*1-4H3,(H,6,7);1-4H3;1-3H3,(H,5,7);1H4;;/q;;;;;;;+1;-1. The second-order valence-electron chi connectivity index (χ2n) is 14.0. The van der Waals surface area contributed by atoms with Gasteiger partial charge in [0, 0.05) is 155 Å². The molecule has 0 saturated heterocycles. The molecule has 0 aliphatic carbocycles. The van der Waals surface area contributed by atoms with Crippen molar-refractivity contribution in [2.75, 3.05) is 147 Å². The van der Waals surface area contributed by atoms with Crippen molar-refractivity contribution in [2.45, 2.75) is 47.5 Å². The van der Waals surface area contributed by atoms with Crippen molar-refractivity contribution in [3.8, 4) is 0 Å². The molecule has 3 N–H and O–H groups in total. The first-order valence-corrected chi connectivity index (χ1v) is 21.3. The molecule has 1 aromatic carbocycles. The molecular weight excluding hydrogens is 864 g/mol. The number of para-hydroxylation sites is 1. The Bertz CT molecular complexity index is 1620. The monoisotopic (exact) mass is 953 g/mol. The van der Waals surface area contributed by atoms with Crippen LogP contribution in [0, 0.1) is 0 Å². The number of hydrogen-bond acceptors (Lipinski definition) is 10. The van der Waals surface area contributed by atoms with Crippen LogP contribution in [0.5, 0.6) is 0 Å². The van der Waals surface area contributed by atoms with Crippen molar-refractivity contribution in [2.24, 2.45) is 20.0 Å². The first kappa shape index (κ1) is 71.5. The Balaban J connectivity index is -0.000000127. The molecule has 23 heteroatoms. The van der Waals surface area contributed by atoms with E-state index in [4.69, 9.17) is 12.2 Å². The number of nitrogens with zero attached hydrogens (tertiary/aromatic N) is 15. The van der Waals surface area contributed by atoms with Gasteiger partial charge in [0.25, 0.3) is 0 Å². The minimum Gasteiger partial charge on any atom is -1.00 e. The number of amidine groups is 1. The molecule has 0 aliphatic rings. The summed E-state index contributed by atoms with van der Waals surface area (Å²) < 4.78 is 1.75. The number of carbonyl (C=O) groups is 2. The predicted molar refractivity (Wildman–Crippen MR) is 279 cm³/mol. The largest absolute Gasteiger partial charge is 1.00 e. The van der Waals surface area contributed by atoms with E-state index in [1.54, 1.807) is 75.5 Å². The summed E-state index contributed by atoms with van der Waals surface area (Å²) in [4.78, 5) is 53.4. The van der Waals surface area contributed by atoms with Gasteiger partial charge in [0.15, 0.2) is 28.2 Å². The molecule has 0 aliphatic heterocycles. The van der Waals surface area contributed by atoms with Crippen LogP contribution in [-0.2, 0) is 9.59 Å². The predicted octanol–water partition coefficient (Wildman–Crippen LogP) is -0.0739. The van der Waals surface area contributed by atoms with Crippen molar-refractivity contribution in [3.05, 3.63) is 24.3 Å². The summed E-state index contributed by atoms with van der Waals surface area (Å²) in [7, 11) is 37.4. The first-order chi connectivity index (χ1) is 28.8. The molecule has 0 saturated carbocycles. The molecule has 1 aromatic heterocycles. The number of rotatable bonds is 4. The molecule has 0 spiro atoms. The van der Waals surface area contributed by atoms with E-state index in [9.17, 15) is 9.59 Å². The molecule has 1 heterocycles. The van der Waals surface area contributed by atoms with Gasteiger partial charge in [-0.05, 0) is 44.5 Å². The number of benzene rings is 1. The number of carbonyl (C=O) groups excluding carboxylic acids is 2. The Morgan fingerprint density at radius 2 is 1.11 bits per heavy atom. The molecule has 20 nitrogen and oxygen atoms in total. The number of thiocarbonyl (C=S) groups is 1. The van der Waals surface area contributed by atoms with Crippen molar-refractivity contribution < 1.29 is 40.6 Å². The third-order valence-electron chi connectivity index (χ3n) is 8.42. The smallest absolute Gasteiger partial charge is 1.00 e. The molecule has 2 rings (SSSR count). The third-order valence-corrected chi connectivity index (χ3v) is 9.90. The summed E-state index contributed by atoms with van der Waals surface area (Å²) in [5, 5.41) is 18.6. The zero-order chi connectivity index (χ0) is 49.4. The minimum atomic E-state index is -0.134. The average molecular weight is 953 g/mol. The summed E-state index contributed by atoms with van der Waals surface area (Å²) in [5.41, 5.74) is 1.77. The minimum absolute atomic E-state index is 0. The molecule has 2 unspecified atom stereocenters.